The lowest BCUT2D eigenvalue weighted by Crippen LogP contribution is -2.13. The molecule has 126 valence electrons. The summed E-state index contributed by atoms with van der Waals surface area (Å²) >= 11 is 1.25. The van der Waals surface area contributed by atoms with Gasteiger partial charge in [0.1, 0.15) is 0 Å². The first-order valence-electron chi connectivity index (χ1n) is 7.15. The quantitative estimate of drug-likeness (QED) is 0.489. The Morgan fingerprint density at radius 2 is 2.17 bits per heavy atom. The number of esters is 1. The van der Waals surface area contributed by atoms with Gasteiger partial charge in [-0.1, -0.05) is 11.3 Å². The molecule has 0 aliphatic heterocycles. The van der Waals surface area contributed by atoms with Crippen LogP contribution in [-0.2, 0) is 4.74 Å². The molecular weight excluding hydrogens is 328 g/mol. The van der Waals surface area contributed by atoms with Crippen molar-refractivity contribution in [2.75, 3.05) is 26.0 Å². The molecule has 0 atom stereocenters. The molecule has 2 N–H and O–H groups in total. The number of anilines is 1. The summed E-state index contributed by atoms with van der Waals surface area (Å²) in [5.74, 6) is -0.578. The number of carbonyl (C=O) groups excluding carboxylic acids is 1. The highest BCUT2D eigenvalue weighted by Crippen LogP contribution is 2.33. The average Bonchev–Trinajstić information content (AvgIpc) is 2.98. The van der Waals surface area contributed by atoms with Crippen molar-refractivity contribution in [2.24, 2.45) is 4.99 Å². The Hall–Kier alpha value is -2.81. The molecule has 0 bridgehead atoms. The Morgan fingerprint density at radius 1 is 1.46 bits per heavy atom. The number of pyridine rings is 1. The van der Waals surface area contributed by atoms with E-state index in [1.165, 1.54) is 17.7 Å². The van der Waals surface area contributed by atoms with E-state index in [0.29, 0.717) is 10.0 Å². The summed E-state index contributed by atoms with van der Waals surface area (Å²) in [7, 11) is 3.61. The first kappa shape index (κ1) is 17.5. The van der Waals surface area contributed by atoms with Gasteiger partial charge in [-0.25, -0.2) is 14.8 Å². The van der Waals surface area contributed by atoms with E-state index in [-0.39, 0.29) is 18.3 Å². The summed E-state index contributed by atoms with van der Waals surface area (Å²) in [4.78, 5) is 26.7. The monoisotopic (exact) mass is 346 g/mol. The third-order valence-corrected chi connectivity index (χ3v) is 3.70. The molecule has 0 amide bonds. The Morgan fingerprint density at radius 3 is 2.79 bits per heavy atom. The Balaban J connectivity index is 2.31. The molecule has 0 aliphatic rings. The summed E-state index contributed by atoms with van der Waals surface area (Å²) in [6.45, 7) is 2.00. The zero-order valence-corrected chi connectivity index (χ0v) is 14.4. The molecule has 0 unspecified atom stereocenters. The Labute approximate surface area is 143 Å². The first-order chi connectivity index (χ1) is 11.5. The molecule has 8 nitrogen and oxygen atoms in total. The summed E-state index contributed by atoms with van der Waals surface area (Å²) in [6, 6.07) is 3.57. The van der Waals surface area contributed by atoms with Crippen LogP contribution in [0.4, 0.5) is 5.13 Å². The molecule has 24 heavy (non-hydrogen) atoms. The Kier molecular flexibility index (Phi) is 5.96. The second kappa shape index (κ2) is 8.16. The molecule has 2 aromatic rings. The lowest BCUT2D eigenvalue weighted by molar-refractivity contribution is 0.0521. The second-order valence-electron chi connectivity index (χ2n) is 4.83. The number of nitrogens with zero attached hydrogens (tertiary/aromatic N) is 4. The number of hydrogen-bond donors (Lipinski definition) is 2. The van der Waals surface area contributed by atoms with E-state index in [2.05, 4.69) is 20.3 Å². The van der Waals surface area contributed by atoms with Crippen molar-refractivity contribution in [1.29, 1.82) is 5.41 Å². The summed E-state index contributed by atoms with van der Waals surface area (Å²) in [5, 5.41) is 11.0. The van der Waals surface area contributed by atoms with Crippen LogP contribution in [0, 0.1) is 5.41 Å². The lowest BCUT2D eigenvalue weighted by Gasteiger charge is -2.03. The molecule has 9 heteroatoms. The topological polar surface area (TPSA) is 104 Å². The number of aromatic nitrogens is 2. The average molecular weight is 346 g/mol. The normalized spacial score (nSPS) is 10.6. The minimum absolute atomic E-state index is 0.0749. The number of guanidine groups is 1. The van der Waals surface area contributed by atoms with Crippen LogP contribution in [0.2, 0.25) is 0 Å². The number of carbonyl (C=O) groups is 1. The third-order valence-electron chi connectivity index (χ3n) is 2.68. The zero-order valence-electron chi connectivity index (χ0n) is 13.6. The van der Waals surface area contributed by atoms with E-state index in [9.17, 15) is 4.79 Å². The molecule has 2 rings (SSSR count). The molecule has 0 aliphatic carbocycles. The van der Waals surface area contributed by atoms with Crippen LogP contribution in [-0.4, -0.2) is 53.8 Å². The van der Waals surface area contributed by atoms with Gasteiger partial charge in [0, 0.05) is 26.5 Å². The minimum Gasteiger partial charge on any atom is -0.461 e. The SMILES string of the molecule is CCOC(=O)c1nc(NC(=N)/N=C/N(C)C)sc1-c1ccncc1. The van der Waals surface area contributed by atoms with Crippen LogP contribution in [0.1, 0.15) is 17.4 Å². The molecule has 0 aromatic carbocycles. The van der Waals surface area contributed by atoms with Crippen molar-refractivity contribution in [3.05, 3.63) is 30.2 Å². The van der Waals surface area contributed by atoms with Crippen molar-refractivity contribution in [2.45, 2.75) is 6.92 Å². The van der Waals surface area contributed by atoms with Crippen LogP contribution in [0.15, 0.2) is 29.5 Å². The molecule has 0 spiro atoms. The zero-order chi connectivity index (χ0) is 17.5. The number of aliphatic imine (C=N–C) groups is 1. The van der Waals surface area contributed by atoms with Gasteiger partial charge in [-0.3, -0.25) is 10.4 Å². The van der Waals surface area contributed by atoms with E-state index in [4.69, 9.17) is 10.1 Å². The molecule has 0 fully saturated rings. The van der Waals surface area contributed by atoms with E-state index < -0.39 is 5.97 Å². The van der Waals surface area contributed by atoms with Crippen molar-refractivity contribution < 1.29 is 9.53 Å². The summed E-state index contributed by atoms with van der Waals surface area (Å²) in [6.07, 6.45) is 4.78. The highest BCUT2D eigenvalue weighted by molar-refractivity contribution is 7.19. The maximum absolute atomic E-state index is 12.1. The standard InChI is InChI=1S/C15H18N6O2S/c1-4-23-13(22)11-12(10-5-7-17-8-6-10)24-15(19-11)20-14(16)18-9-21(2)3/h5-9H,4H2,1-3H3,(H2,16,19,20)/b18-9+. The predicted octanol–water partition coefficient (Wildman–Crippen LogP) is 2.32. The van der Waals surface area contributed by atoms with Gasteiger partial charge in [0.25, 0.3) is 0 Å². The van der Waals surface area contributed by atoms with Gasteiger partial charge in [-0.15, -0.1) is 0 Å². The second-order valence-corrected chi connectivity index (χ2v) is 5.83. The lowest BCUT2D eigenvalue weighted by atomic mass is 10.2. The summed E-state index contributed by atoms with van der Waals surface area (Å²) < 4.78 is 5.06. The number of nitrogens with one attached hydrogen (secondary N) is 2. The van der Waals surface area contributed by atoms with Gasteiger partial charge in [0.05, 0.1) is 17.8 Å². The number of thiazole rings is 1. The minimum atomic E-state index is -0.503. The fourth-order valence-corrected chi connectivity index (χ4v) is 2.67. The summed E-state index contributed by atoms with van der Waals surface area (Å²) in [5.41, 5.74) is 1.02. The van der Waals surface area contributed by atoms with E-state index in [1.54, 1.807) is 50.4 Å². The van der Waals surface area contributed by atoms with Crippen molar-refractivity contribution in [3.8, 4) is 10.4 Å². The number of rotatable bonds is 5. The van der Waals surface area contributed by atoms with Gasteiger partial charge >= 0.3 is 5.97 Å². The third kappa shape index (κ3) is 4.59. The molecule has 2 aromatic heterocycles. The molecular formula is C15H18N6O2S. The fourth-order valence-electron chi connectivity index (χ4n) is 1.72. The van der Waals surface area contributed by atoms with E-state index >= 15 is 0 Å². The Bertz CT molecular complexity index is 742. The van der Waals surface area contributed by atoms with Gasteiger partial charge < -0.3 is 15.0 Å². The highest BCUT2D eigenvalue weighted by Gasteiger charge is 2.21. The van der Waals surface area contributed by atoms with Crippen molar-refractivity contribution in [1.82, 2.24) is 14.9 Å². The predicted molar refractivity (Wildman–Crippen MR) is 94.8 cm³/mol. The largest absolute Gasteiger partial charge is 0.461 e. The van der Waals surface area contributed by atoms with Gasteiger partial charge in [-0.05, 0) is 24.6 Å². The van der Waals surface area contributed by atoms with E-state index in [1.807, 2.05) is 0 Å². The number of hydrogen-bond acceptors (Lipinski definition) is 6. The van der Waals surface area contributed by atoms with Crippen LogP contribution < -0.4 is 5.32 Å². The first-order valence-corrected chi connectivity index (χ1v) is 7.97. The highest BCUT2D eigenvalue weighted by atomic mass is 32.1. The molecule has 0 radical (unpaired) electrons. The van der Waals surface area contributed by atoms with Crippen molar-refractivity contribution >= 4 is 34.7 Å². The number of ether oxygens (including phenoxy) is 1. The van der Waals surface area contributed by atoms with Crippen LogP contribution >= 0.6 is 11.3 Å². The molecule has 0 saturated heterocycles. The smallest absolute Gasteiger partial charge is 0.358 e. The molecule has 0 saturated carbocycles. The molecule has 2 heterocycles. The van der Waals surface area contributed by atoms with Crippen LogP contribution in [0.3, 0.4) is 0 Å². The maximum Gasteiger partial charge on any atom is 0.358 e. The van der Waals surface area contributed by atoms with E-state index in [0.717, 1.165) is 5.56 Å². The van der Waals surface area contributed by atoms with Crippen LogP contribution in [0.25, 0.3) is 10.4 Å². The van der Waals surface area contributed by atoms with Gasteiger partial charge in [0.15, 0.2) is 10.8 Å². The fraction of sp³-hybridized carbons (Fsp3) is 0.267. The van der Waals surface area contributed by atoms with Crippen molar-refractivity contribution in [3.63, 3.8) is 0 Å². The maximum atomic E-state index is 12.1. The van der Waals surface area contributed by atoms with Gasteiger partial charge in [-0.2, -0.15) is 0 Å². The van der Waals surface area contributed by atoms with Crippen LogP contribution in [0.5, 0.6) is 0 Å². The van der Waals surface area contributed by atoms with Gasteiger partial charge in [0.2, 0.25) is 5.96 Å².